The molecular weight excluding hydrogens is 248 g/mol. The summed E-state index contributed by atoms with van der Waals surface area (Å²) in [5, 5.41) is 6.34. The molecule has 1 saturated heterocycles. The van der Waals surface area contributed by atoms with E-state index in [0.29, 0.717) is 11.8 Å². The SMILES string of the molecule is O=C1CSc2cc(CC3COCCN3)ccc2N1. The Hall–Kier alpha value is -1.04. The number of benzene rings is 1. The molecule has 0 radical (unpaired) electrons. The molecule has 1 fully saturated rings. The number of nitrogens with one attached hydrogen (secondary N) is 2. The first kappa shape index (κ1) is 12.0. The first-order valence-electron chi connectivity index (χ1n) is 6.18. The summed E-state index contributed by atoms with van der Waals surface area (Å²) < 4.78 is 5.46. The fraction of sp³-hybridized carbons (Fsp3) is 0.462. The predicted molar refractivity (Wildman–Crippen MR) is 72.1 cm³/mol. The van der Waals surface area contributed by atoms with E-state index in [2.05, 4.69) is 22.8 Å². The first-order chi connectivity index (χ1) is 8.81. The summed E-state index contributed by atoms with van der Waals surface area (Å²) in [6.45, 7) is 2.52. The highest BCUT2D eigenvalue weighted by molar-refractivity contribution is 8.00. The van der Waals surface area contributed by atoms with Crippen LogP contribution in [0.3, 0.4) is 0 Å². The molecule has 0 aromatic heterocycles. The molecule has 0 bridgehead atoms. The quantitative estimate of drug-likeness (QED) is 0.844. The van der Waals surface area contributed by atoms with Crippen LogP contribution in [0.15, 0.2) is 23.1 Å². The summed E-state index contributed by atoms with van der Waals surface area (Å²) >= 11 is 1.61. The molecule has 1 unspecified atom stereocenters. The smallest absolute Gasteiger partial charge is 0.234 e. The van der Waals surface area contributed by atoms with E-state index in [9.17, 15) is 4.79 Å². The second-order valence-corrected chi connectivity index (χ2v) is 5.61. The highest BCUT2D eigenvalue weighted by Gasteiger charge is 2.17. The zero-order valence-electron chi connectivity index (χ0n) is 10.1. The Bertz CT molecular complexity index is 458. The molecule has 1 amide bonds. The van der Waals surface area contributed by atoms with Crippen molar-refractivity contribution in [3.63, 3.8) is 0 Å². The maximum absolute atomic E-state index is 11.3. The van der Waals surface area contributed by atoms with Crippen LogP contribution in [0.1, 0.15) is 5.56 Å². The van der Waals surface area contributed by atoms with Gasteiger partial charge in [-0.05, 0) is 24.1 Å². The molecule has 1 atom stereocenters. The zero-order valence-corrected chi connectivity index (χ0v) is 10.9. The number of carbonyl (C=O) groups excluding carboxylic acids is 1. The van der Waals surface area contributed by atoms with Gasteiger partial charge in [0.1, 0.15) is 0 Å². The van der Waals surface area contributed by atoms with E-state index >= 15 is 0 Å². The number of morpholine rings is 1. The highest BCUT2D eigenvalue weighted by atomic mass is 32.2. The molecule has 5 heteroatoms. The molecule has 3 rings (SSSR count). The number of fused-ring (bicyclic) bond motifs is 1. The Labute approximate surface area is 110 Å². The molecule has 96 valence electrons. The lowest BCUT2D eigenvalue weighted by Crippen LogP contribution is -2.42. The van der Waals surface area contributed by atoms with Crippen molar-refractivity contribution < 1.29 is 9.53 Å². The molecule has 4 nitrogen and oxygen atoms in total. The van der Waals surface area contributed by atoms with Gasteiger partial charge in [0.2, 0.25) is 5.91 Å². The van der Waals surface area contributed by atoms with Crippen LogP contribution in [0.25, 0.3) is 0 Å². The minimum atomic E-state index is 0.0857. The van der Waals surface area contributed by atoms with Gasteiger partial charge in [-0.3, -0.25) is 4.79 Å². The lowest BCUT2D eigenvalue weighted by atomic mass is 10.1. The van der Waals surface area contributed by atoms with Gasteiger partial charge < -0.3 is 15.4 Å². The molecule has 0 saturated carbocycles. The number of rotatable bonds is 2. The molecule has 2 aliphatic rings. The van der Waals surface area contributed by atoms with Crippen LogP contribution in [-0.2, 0) is 16.0 Å². The maximum Gasteiger partial charge on any atom is 0.234 e. The van der Waals surface area contributed by atoms with Crippen molar-refractivity contribution in [2.24, 2.45) is 0 Å². The van der Waals surface area contributed by atoms with E-state index < -0.39 is 0 Å². The van der Waals surface area contributed by atoms with E-state index in [4.69, 9.17) is 4.74 Å². The Morgan fingerprint density at radius 3 is 3.22 bits per heavy atom. The van der Waals surface area contributed by atoms with Crippen molar-refractivity contribution in [1.82, 2.24) is 5.32 Å². The third kappa shape index (κ3) is 2.68. The minimum absolute atomic E-state index is 0.0857. The van der Waals surface area contributed by atoms with Crippen molar-refractivity contribution in [2.45, 2.75) is 17.4 Å². The maximum atomic E-state index is 11.3. The Morgan fingerprint density at radius 1 is 1.44 bits per heavy atom. The Balaban J connectivity index is 1.71. The number of hydrogen-bond donors (Lipinski definition) is 2. The van der Waals surface area contributed by atoms with E-state index in [1.54, 1.807) is 11.8 Å². The second kappa shape index (κ2) is 5.30. The van der Waals surface area contributed by atoms with Crippen LogP contribution < -0.4 is 10.6 Å². The number of carbonyl (C=O) groups is 1. The monoisotopic (exact) mass is 264 g/mol. The molecule has 2 N–H and O–H groups in total. The summed E-state index contributed by atoms with van der Waals surface area (Å²) in [6, 6.07) is 6.66. The number of ether oxygens (including phenoxy) is 1. The summed E-state index contributed by atoms with van der Waals surface area (Å²) in [5.74, 6) is 0.601. The Morgan fingerprint density at radius 2 is 2.39 bits per heavy atom. The summed E-state index contributed by atoms with van der Waals surface area (Å²) in [4.78, 5) is 12.4. The van der Waals surface area contributed by atoms with Gasteiger partial charge >= 0.3 is 0 Å². The fourth-order valence-corrected chi connectivity index (χ4v) is 3.15. The average Bonchev–Trinajstić information content (AvgIpc) is 2.40. The lowest BCUT2D eigenvalue weighted by molar-refractivity contribution is -0.113. The van der Waals surface area contributed by atoms with Gasteiger partial charge in [-0.2, -0.15) is 0 Å². The number of thioether (sulfide) groups is 1. The third-order valence-corrected chi connectivity index (χ3v) is 4.21. The van der Waals surface area contributed by atoms with Gasteiger partial charge in [0.05, 0.1) is 24.7 Å². The molecule has 0 spiro atoms. The zero-order chi connectivity index (χ0) is 12.4. The molecule has 18 heavy (non-hydrogen) atoms. The third-order valence-electron chi connectivity index (χ3n) is 3.16. The average molecular weight is 264 g/mol. The van der Waals surface area contributed by atoms with Crippen LogP contribution in [0.5, 0.6) is 0 Å². The Kier molecular flexibility index (Phi) is 3.54. The van der Waals surface area contributed by atoms with Crippen molar-refractivity contribution in [2.75, 3.05) is 30.8 Å². The topological polar surface area (TPSA) is 50.4 Å². The molecular formula is C13H16N2O2S. The highest BCUT2D eigenvalue weighted by Crippen LogP contribution is 2.32. The van der Waals surface area contributed by atoms with E-state index in [-0.39, 0.29) is 5.91 Å². The number of hydrogen-bond acceptors (Lipinski definition) is 4. The number of amides is 1. The molecule has 1 aromatic carbocycles. The van der Waals surface area contributed by atoms with Gasteiger partial charge in [-0.25, -0.2) is 0 Å². The van der Waals surface area contributed by atoms with Crippen LogP contribution in [0.2, 0.25) is 0 Å². The van der Waals surface area contributed by atoms with Crippen LogP contribution >= 0.6 is 11.8 Å². The predicted octanol–water partition coefficient (Wildman–Crippen LogP) is 1.26. The van der Waals surface area contributed by atoms with E-state index in [0.717, 1.165) is 31.9 Å². The van der Waals surface area contributed by atoms with Gasteiger partial charge in [-0.1, -0.05) is 6.07 Å². The van der Waals surface area contributed by atoms with E-state index in [1.807, 2.05) is 6.07 Å². The van der Waals surface area contributed by atoms with Crippen LogP contribution in [0.4, 0.5) is 5.69 Å². The standard InChI is InChI=1S/C13H16N2O2S/c16-13-8-18-12-6-9(1-2-11(12)15-13)5-10-7-17-4-3-14-10/h1-2,6,10,14H,3-5,7-8H2,(H,15,16). The van der Waals surface area contributed by atoms with Crippen LogP contribution in [-0.4, -0.2) is 37.5 Å². The summed E-state index contributed by atoms with van der Waals surface area (Å²) in [7, 11) is 0. The fourth-order valence-electron chi connectivity index (χ4n) is 2.28. The molecule has 2 heterocycles. The van der Waals surface area contributed by atoms with Gasteiger partial charge in [0.25, 0.3) is 0 Å². The van der Waals surface area contributed by atoms with Crippen molar-refractivity contribution in [3.05, 3.63) is 23.8 Å². The van der Waals surface area contributed by atoms with E-state index in [1.165, 1.54) is 10.5 Å². The summed E-state index contributed by atoms with van der Waals surface area (Å²) in [5.41, 5.74) is 2.23. The molecule has 0 aliphatic carbocycles. The van der Waals surface area contributed by atoms with Crippen LogP contribution in [0, 0.1) is 0 Å². The normalized spacial score (nSPS) is 23.3. The largest absolute Gasteiger partial charge is 0.379 e. The summed E-state index contributed by atoms with van der Waals surface area (Å²) in [6.07, 6.45) is 0.974. The molecule has 2 aliphatic heterocycles. The van der Waals surface area contributed by atoms with Crippen molar-refractivity contribution in [3.8, 4) is 0 Å². The van der Waals surface area contributed by atoms with Gasteiger partial charge in [0, 0.05) is 17.5 Å². The van der Waals surface area contributed by atoms with Gasteiger partial charge in [0.15, 0.2) is 0 Å². The lowest BCUT2D eigenvalue weighted by Gasteiger charge is -2.24. The first-order valence-corrected chi connectivity index (χ1v) is 7.16. The molecule has 1 aromatic rings. The second-order valence-electron chi connectivity index (χ2n) is 4.60. The van der Waals surface area contributed by atoms with Crippen molar-refractivity contribution >= 4 is 23.4 Å². The minimum Gasteiger partial charge on any atom is -0.379 e. The number of anilines is 1. The van der Waals surface area contributed by atoms with Gasteiger partial charge in [-0.15, -0.1) is 11.8 Å². The van der Waals surface area contributed by atoms with Crippen molar-refractivity contribution in [1.29, 1.82) is 0 Å².